The molecule has 0 bridgehead atoms. The van der Waals surface area contributed by atoms with Gasteiger partial charge in [-0.2, -0.15) is 5.10 Å². The molecule has 0 aliphatic carbocycles. The Bertz CT molecular complexity index is 749. The van der Waals surface area contributed by atoms with E-state index in [0.29, 0.717) is 10.2 Å². The number of rotatable bonds is 3. The molecule has 21 heavy (non-hydrogen) atoms. The maximum absolute atomic E-state index is 6.09. The zero-order valence-corrected chi connectivity index (χ0v) is 13.6. The maximum Gasteiger partial charge on any atom is 0.152 e. The molecule has 0 radical (unpaired) electrons. The van der Waals surface area contributed by atoms with Crippen molar-refractivity contribution in [2.24, 2.45) is 0 Å². The Kier molecular flexibility index (Phi) is 4.24. The summed E-state index contributed by atoms with van der Waals surface area (Å²) in [6.07, 6.45) is 2.06. The quantitative estimate of drug-likeness (QED) is 0.583. The first kappa shape index (κ1) is 14.5. The van der Waals surface area contributed by atoms with Crippen molar-refractivity contribution in [1.82, 2.24) is 9.78 Å². The van der Waals surface area contributed by atoms with Crippen molar-refractivity contribution in [3.63, 3.8) is 0 Å². The number of thioether (sulfide) groups is 1. The van der Waals surface area contributed by atoms with Gasteiger partial charge in [0.15, 0.2) is 5.15 Å². The predicted molar refractivity (Wildman–Crippen MR) is 90.8 cm³/mol. The third-order valence-corrected chi connectivity index (χ3v) is 4.32. The molecule has 0 saturated heterocycles. The topological polar surface area (TPSA) is 17.8 Å². The first-order chi connectivity index (χ1) is 10.2. The normalized spacial score (nSPS) is 10.8. The smallest absolute Gasteiger partial charge is 0.152 e. The first-order valence-electron chi connectivity index (χ1n) is 6.33. The number of nitrogens with zero attached hydrogens (tertiary/aromatic N) is 2. The van der Waals surface area contributed by atoms with Crippen LogP contribution in [0.4, 0.5) is 0 Å². The summed E-state index contributed by atoms with van der Waals surface area (Å²) in [6, 6.07) is 17.7. The van der Waals surface area contributed by atoms with Gasteiger partial charge in [0.05, 0.1) is 11.4 Å². The standard InChI is InChI=1S/C16H12Cl2N2S/c1-21-14-8-2-11(3-9-14)15-10-16(18)19-20(15)13-6-4-12(17)5-7-13/h2-10H,1H3. The van der Waals surface area contributed by atoms with E-state index in [0.717, 1.165) is 16.9 Å². The van der Waals surface area contributed by atoms with E-state index in [2.05, 4.69) is 35.6 Å². The highest BCUT2D eigenvalue weighted by Crippen LogP contribution is 2.28. The summed E-state index contributed by atoms with van der Waals surface area (Å²) in [6.45, 7) is 0. The fraction of sp³-hybridized carbons (Fsp3) is 0.0625. The third-order valence-electron chi connectivity index (χ3n) is 3.14. The lowest BCUT2D eigenvalue weighted by Gasteiger charge is -2.08. The summed E-state index contributed by atoms with van der Waals surface area (Å²) in [5.41, 5.74) is 2.95. The Balaban J connectivity index is 2.08. The summed E-state index contributed by atoms with van der Waals surface area (Å²) in [4.78, 5) is 1.22. The molecule has 0 N–H and O–H groups in total. The number of hydrogen-bond donors (Lipinski definition) is 0. The molecule has 2 nitrogen and oxygen atoms in total. The van der Waals surface area contributed by atoms with Crippen LogP contribution in [-0.2, 0) is 0 Å². The van der Waals surface area contributed by atoms with E-state index in [9.17, 15) is 0 Å². The minimum Gasteiger partial charge on any atom is -0.232 e. The Morgan fingerprint density at radius 1 is 0.952 bits per heavy atom. The molecule has 2 aromatic carbocycles. The molecule has 0 unspecified atom stereocenters. The fourth-order valence-corrected chi connectivity index (χ4v) is 2.81. The zero-order valence-electron chi connectivity index (χ0n) is 11.3. The molecule has 0 spiro atoms. The van der Waals surface area contributed by atoms with E-state index >= 15 is 0 Å². The van der Waals surface area contributed by atoms with Crippen LogP contribution in [-0.4, -0.2) is 16.0 Å². The van der Waals surface area contributed by atoms with Gasteiger partial charge in [0.1, 0.15) is 0 Å². The van der Waals surface area contributed by atoms with Crippen molar-refractivity contribution in [1.29, 1.82) is 0 Å². The van der Waals surface area contributed by atoms with Crippen LogP contribution >= 0.6 is 35.0 Å². The van der Waals surface area contributed by atoms with Gasteiger partial charge in [-0.3, -0.25) is 0 Å². The third kappa shape index (κ3) is 3.10. The molecule has 0 amide bonds. The minimum atomic E-state index is 0.467. The minimum absolute atomic E-state index is 0.467. The monoisotopic (exact) mass is 334 g/mol. The van der Waals surface area contributed by atoms with E-state index in [4.69, 9.17) is 23.2 Å². The first-order valence-corrected chi connectivity index (χ1v) is 8.31. The van der Waals surface area contributed by atoms with E-state index in [1.54, 1.807) is 11.8 Å². The van der Waals surface area contributed by atoms with Gasteiger partial charge < -0.3 is 0 Å². The maximum atomic E-state index is 6.09. The van der Waals surface area contributed by atoms with Crippen molar-refractivity contribution in [3.05, 3.63) is 64.8 Å². The van der Waals surface area contributed by atoms with Crippen LogP contribution in [0.25, 0.3) is 16.9 Å². The number of halogens is 2. The molecule has 3 rings (SSSR count). The lowest BCUT2D eigenvalue weighted by Crippen LogP contribution is -1.98. The average Bonchev–Trinajstić information content (AvgIpc) is 2.90. The molecular formula is C16H12Cl2N2S. The molecule has 0 aliphatic heterocycles. The van der Waals surface area contributed by atoms with E-state index in [1.165, 1.54) is 4.90 Å². The molecule has 1 aromatic heterocycles. The molecule has 106 valence electrons. The fourth-order valence-electron chi connectivity index (χ4n) is 2.10. The highest BCUT2D eigenvalue weighted by atomic mass is 35.5. The Hall–Kier alpha value is -1.42. The molecule has 3 aromatic rings. The molecule has 0 aliphatic rings. The van der Waals surface area contributed by atoms with Crippen LogP contribution in [0.1, 0.15) is 0 Å². The Morgan fingerprint density at radius 2 is 1.62 bits per heavy atom. The van der Waals surface area contributed by atoms with Crippen molar-refractivity contribution in [2.45, 2.75) is 4.90 Å². The van der Waals surface area contributed by atoms with Gasteiger partial charge in [0.25, 0.3) is 0 Å². The lowest BCUT2D eigenvalue weighted by atomic mass is 10.1. The Labute approximate surface area is 137 Å². The Morgan fingerprint density at radius 3 is 2.24 bits per heavy atom. The SMILES string of the molecule is CSc1ccc(-c2cc(Cl)nn2-c2ccc(Cl)cc2)cc1. The van der Waals surface area contributed by atoms with E-state index < -0.39 is 0 Å². The number of hydrogen-bond acceptors (Lipinski definition) is 2. The second-order valence-corrected chi connectivity index (χ2v) is 6.17. The number of benzene rings is 2. The van der Waals surface area contributed by atoms with Crippen LogP contribution in [0.15, 0.2) is 59.5 Å². The van der Waals surface area contributed by atoms with Gasteiger partial charge in [0.2, 0.25) is 0 Å². The van der Waals surface area contributed by atoms with E-state index in [1.807, 2.05) is 35.0 Å². The summed E-state index contributed by atoms with van der Waals surface area (Å²) >= 11 is 13.7. The number of aromatic nitrogens is 2. The summed E-state index contributed by atoms with van der Waals surface area (Å²) in [5, 5.41) is 5.53. The lowest BCUT2D eigenvalue weighted by molar-refractivity contribution is 0.888. The van der Waals surface area contributed by atoms with Gasteiger partial charge in [-0.15, -0.1) is 11.8 Å². The van der Waals surface area contributed by atoms with Gasteiger partial charge in [-0.05, 0) is 42.7 Å². The summed E-state index contributed by atoms with van der Waals surface area (Å²) in [5.74, 6) is 0. The average molecular weight is 335 g/mol. The van der Waals surface area contributed by atoms with Crippen molar-refractivity contribution >= 4 is 35.0 Å². The van der Waals surface area contributed by atoms with Crippen molar-refractivity contribution in [3.8, 4) is 16.9 Å². The zero-order chi connectivity index (χ0) is 14.8. The molecule has 5 heteroatoms. The van der Waals surface area contributed by atoms with Crippen molar-refractivity contribution < 1.29 is 0 Å². The van der Waals surface area contributed by atoms with Crippen LogP contribution < -0.4 is 0 Å². The highest BCUT2D eigenvalue weighted by Gasteiger charge is 2.10. The molecule has 0 fully saturated rings. The van der Waals surface area contributed by atoms with E-state index in [-0.39, 0.29) is 0 Å². The largest absolute Gasteiger partial charge is 0.232 e. The van der Waals surface area contributed by atoms with Gasteiger partial charge in [0, 0.05) is 21.5 Å². The molecule has 0 saturated carbocycles. The van der Waals surface area contributed by atoms with Crippen LogP contribution in [0.2, 0.25) is 10.2 Å². The van der Waals surface area contributed by atoms with Gasteiger partial charge in [-0.1, -0.05) is 35.3 Å². The van der Waals surface area contributed by atoms with Gasteiger partial charge >= 0.3 is 0 Å². The van der Waals surface area contributed by atoms with Crippen LogP contribution in [0, 0.1) is 0 Å². The molecule has 0 atom stereocenters. The molecular weight excluding hydrogens is 323 g/mol. The van der Waals surface area contributed by atoms with Gasteiger partial charge in [-0.25, -0.2) is 4.68 Å². The van der Waals surface area contributed by atoms with Crippen LogP contribution in [0.5, 0.6) is 0 Å². The molecule has 1 heterocycles. The summed E-state index contributed by atoms with van der Waals surface area (Å²) < 4.78 is 1.83. The highest BCUT2D eigenvalue weighted by molar-refractivity contribution is 7.98. The predicted octanol–water partition coefficient (Wildman–Crippen LogP) is 5.57. The van der Waals surface area contributed by atoms with Crippen LogP contribution in [0.3, 0.4) is 0 Å². The summed E-state index contributed by atoms with van der Waals surface area (Å²) in [7, 11) is 0. The second kappa shape index (κ2) is 6.14. The van der Waals surface area contributed by atoms with Crippen molar-refractivity contribution in [2.75, 3.05) is 6.26 Å². The second-order valence-electron chi connectivity index (χ2n) is 4.47.